The molecule has 0 unspecified atom stereocenters. The van der Waals surface area contributed by atoms with Crippen molar-refractivity contribution >= 4 is 46.3 Å². The number of nitrogens with one attached hydrogen (secondary N) is 1. The number of benzene rings is 2. The van der Waals surface area contributed by atoms with Crippen LogP contribution in [0.1, 0.15) is 16.1 Å². The van der Waals surface area contributed by atoms with Crippen LogP contribution in [0, 0.1) is 3.57 Å². The Morgan fingerprint density at radius 2 is 1.75 bits per heavy atom. The molecule has 1 N–H and O–H groups in total. The summed E-state index contributed by atoms with van der Waals surface area (Å²) in [4.78, 5) is 11.9. The van der Waals surface area contributed by atoms with E-state index in [9.17, 15) is 4.79 Å². The molecule has 1 heterocycles. The highest BCUT2D eigenvalue weighted by Gasteiger charge is 2.05. The number of hydrogen-bond donors (Lipinski definition) is 1. The van der Waals surface area contributed by atoms with Gasteiger partial charge in [-0.25, -0.2) is 5.43 Å². The Kier molecular flexibility index (Phi) is 5.32. The average molecular weight is 451 g/mol. The zero-order chi connectivity index (χ0) is 16.9. The molecule has 24 heavy (non-hydrogen) atoms. The van der Waals surface area contributed by atoms with E-state index in [0.29, 0.717) is 22.1 Å². The highest BCUT2D eigenvalue weighted by Crippen LogP contribution is 2.23. The first-order chi connectivity index (χ1) is 11.6. The number of furan rings is 1. The molecule has 120 valence electrons. The molecule has 3 aromatic rings. The Labute approximate surface area is 157 Å². The molecule has 4 nitrogen and oxygen atoms in total. The first-order valence-electron chi connectivity index (χ1n) is 7.06. The molecule has 0 fully saturated rings. The summed E-state index contributed by atoms with van der Waals surface area (Å²) in [6.07, 6.45) is 1.46. The monoisotopic (exact) mass is 450 g/mol. The fourth-order valence-corrected chi connectivity index (χ4v) is 2.50. The van der Waals surface area contributed by atoms with Crippen LogP contribution in [0.5, 0.6) is 0 Å². The first kappa shape index (κ1) is 16.7. The number of hydrazone groups is 1. The summed E-state index contributed by atoms with van der Waals surface area (Å²) in [5.74, 6) is 0.979. The largest absolute Gasteiger partial charge is 0.455 e. The minimum absolute atomic E-state index is 0.271. The highest BCUT2D eigenvalue weighted by molar-refractivity contribution is 14.1. The number of amides is 1. The van der Waals surface area contributed by atoms with E-state index < -0.39 is 0 Å². The highest BCUT2D eigenvalue weighted by atomic mass is 127. The van der Waals surface area contributed by atoms with Gasteiger partial charge in [0.1, 0.15) is 11.5 Å². The van der Waals surface area contributed by atoms with Gasteiger partial charge < -0.3 is 4.42 Å². The second-order valence-corrected chi connectivity index (χ2v) is 6.60. The lowest BCUT2D eigenvalue weighted by Gasteiger charge is -1.99. The molecule has 0 atom stereocenters. The standard InChI is InChI=1S/C18H12ClIN2O2/c19-14-5-1-12(2-6-14)17-10-9-16(24-17)11-21-22-18(23)13-3-7-15(20)8-4-13/h1-11H,(H,22,23)/b21-11-. The van der Waals surface area contributed by atoms with Crippen molar-refractivity contribution in [2.45, 2.75) is 0 Å². The van der Waals surface area contributed by atoms with E-state index in [-0.39, 0.29) is 5.91 Å². The van der Waals surface area contributed by atoms with Gasteiger partial charge in [-0.1, -0.05) is 11.6 Å². The predicted molar refractivity (Wildman–Crippen MR) is 103 cm³/mol. The van der Waals surface area contributed by atoms with E-state index in [4.69, 9.17) is 16.0 Å². The van der Waals surface area contributed by atoms with Gasteiger partial charge in [-0.15, -0.1) is 0 Å². The molecule has 0 spiro atoms. The molecule has 1 amide bonds. The third-order valence-corrected chi connectivity index (χ3v) is 4.19. The Bertz CT molecular complexity index is 871. The van der Waals surface area contributed by atoms with Crippen LogP contribution in [0.3, 0.4) is 0 Å². The third-order valence-electron chi connectivity index (χ3n) is 3.22. The van der Waals surface area contributed by atoms with Crippen LogP contribution in [-0.4, -0.2) is 12.1 Å². The zero-order valence-electron chi connectivity index (χ0n) is 12.4. The molecular formula is C18H12ClIN2O2. The maximum Gasteiger partial charge on any atom is 0.271 e. The number of carbonyl (C=O) groups is 1. The van der Waals surface area contributed by atoms with E-state index in [2.05, 4.69) is 33.1 Å². The Morgan fingerprint density at radius 3 is 2.46 bits per heavy atom. The van der Waals surface area contributed by atoms with E-state index in [0.717, 1.165) is 9.13 Å². The normalized spacial score (nSPS) is 10.9. The molecule has 0 saturated heterocycles. The molecule has 2 aromatic carbocycles. The molecule has 6 heteroatoms. The lowest BCUT2D eigenvalue weighted by Crippen LogP contribution is -2.17. The second-order valence-electron chi connectivity index (χ2n) is 4.91. The fraction of sp³-hybridized carbons (Fsp3) is 0. The van der Waals surface area contributed by atoms with Gasteiger partial charge in [-0.3, -0.25) is 4.79 Å². The maximum atomic E-state index is 11.9. The van der Waals surface area contributed by atoms with Crippen LogP contribution in [0.15, 0.2) is 70.2 Å². The molecule has 3 rings (SSSR count). The topological polar surface area (TPSA) is 54.6 Å². The number of hydrogen-bond acceptors (Lipinski definition) is 3. The van der Waals surface area contributed by atoms with Crippen molar-refractivity contribution in [1.29, 1.82) is 0 Å². The van der Waals surface area contributed by atoms with Crippen molar-refractivity contribution < 1.29 is 9.21 Å². The van der Waals surface area contributed by atoms with Crippen molar-refractivity contribution in [2.24, 2.45) is 5.10 Å². The minimum Gasteiger partial charge on any atom is -0.455 e. The lowest BCUT2D eigenvalue weighted by atomic mass is 10.2. The molecule has 1 aromatic heterocycles. The van der Waals surface area contributed by atoms with Crippen LogP contribution in [0.2, 0.25) is 5.02 Å². The van der Waals surface area contributed by atoms with Crippen molar-refractivity contribution in [3.05, 3.63) is 80.6 Å². The summed E-state index contributed by atoms with van der Waals surface area (Å²) in [7, 11) is 0. The summed E-state index contributed by atoms with van der Waals surface area (Å²) in [6.45, 7) is 0. The number of halogens is 2. The van der Waals surface area contributed by atoms with Crippen LogP contribution >= 0.6 is 34.2 Å². The van der Waals surface area contributed by atoms with Gasteiger partial charge in [0.05, 0.1) is 6.21 Å². The van der Waals surface area contributed by atoms with Gasteiger partial charge in [0.15, 0.2) is 0 Å². The Balaban J connectivity index is 1.64. The summed E-state index contributed by atoms with van der Waals surface area (Å²) in [6, 6.07) is 18.2. The van der Waals surface area contributed by atoms with Gasteiger partial charge in [-0.05, 0) is 83.3 Å². The summed E-state index contributed by atoms with van der Waals surface area (Å²) >= 11 is 8.05. The third kappa shape index (κ3) is 4.24. The van der Waals surface area contributed by atoms with Gasteiger partial charge in [0.2, 0.25) is 0 Å². The van der Waals surface area contributed by atoms with E-state index in [1.54, 1.807) is 30.3 Å². The van der Waals surface area contributed by atoms with Crippen LogP contribution < -0.4 is 5.43 Å². The van der Waals surface area contributed by atoms with Crippen molar-refractivity contribution in [3.63, 3.8) is 0 Å². The Hall–Kier alpha value is -2.12. The van der Waals surface area contributed by atoms with Crippen molar-refractivity contribution in [3.8, 4) is 11.3 Å². The minimum atomic E-state index is -0.271. The molecule has 0 aliphatic carbocycles. The number of carbonyl (C=O) groups excluding carboxylic acids is 1. The van der Waals surface area contributed by atoms with Crippen molar-refractivity contribution in [2.75, 3.05) is 0 Å². The van der Waals surface area contributed by atoms with Gasteiger partial charge >= 0.3 is 0 Å². The molecule has 0 radical (unpaired) electrons. The van der Waals surface area contributed by atoms with Gasteiger partial charge in [0, 0.05) is 19.7 Å². The predicted octanol–water partition coefficient (Wildman–Crippen LogP) is 4.97. The first-order valence-corrected chi connectivity index (χ1v) is 8.52. The van der Waals surface area contributed by atoms with E-state index >= 15 is 0 Å². The second kappa shape index (κ2) is 7.63. The zero-order valence-corrected chi connectivity index (χ0v) is 15.3. The molecule has 0 saturated carbocycles. The van der Waals surface area contributed by atoms with Crippen molar-refractivity contribution in [1.82, 2.24) is 5.43 Å². The summed E-state index contributed by atoms with van der Waals surface area (Å²) < 4.78 is 6.74. The summed E-state index contributed by atoms with van der Waals surface area (Å²) in [5, 5.41) is 4.59. The van der Waals surface area contributed by atoms with Crippen LogP contribution in [0.25, 0.3) is 11.3 Å². The molecule has 0 aliphatic rings. The quantitative estimate of drug-likeness (QED) is 0.347. The fourth-order valence-electron chi connectivity index (χ4n) is 2.01. The number of rotatable bonds is 4. The van der Waals surface area contributed by atoms with Gasteiger partial charge in [0.25, 0.3) is 5.91 Å². The molecular weight excluding hydrogens is 439 g/mol. The average Bonchev–Trinajstić information content (AvgIpc) is 3.05. The van der Waals surface area contributed by atoms with Crippen LogP contribution in [-0.2, 0) is 0 Å². The van der Waals surface area contributed by atoms with Crippen LogP contribution in [0.4, 0.5) is 0 Å². The molecule has 0 bridgehead atoms. The van der Waals surface area contributed by atoms with Gasteiger partial charge in [-0.2, -0.15) is 5.10 Å². The smallest absolute Gasteiger partial charge is 0.271 e. The SMILES string of the molecule is O=C(N/N=C\c1ccc(-c2ccc(Cl)cc2)o1)c1ccc(I)cc1. The number of nitrogens with zero attached hydrogens (tertiary/aromatic N) is 1. The summed E-state index contributed by atoms with van der Waals surface area (Å²) in [5.41, 5.74) is 3.94. The maximum absolute atomic E-state index is 11.9. The molecule has 0 aliphatic heterocycles. The van der Waals surface area contributed by atoms with E-state index in [1.165, 1.54) is 6.21 Å². The Morgan fingerprint density at radius 1 is 1.04 bits per heavy atom. The lowest BCUT2D eigenvalue weighted by molar-refractivity contribution is 0.0955. The van der Waals surface area contributed by atoms with E-state index in [1.807, 2.05) is 30.3 Å².